The van der Waals surface area contributed by atoms with Crippen molar-refractivity contribution in [2.75, 3.05) is 52.5 Å². The number of ketones is 2. The topological polar surface area (TPSA) is 59.1 Å². The van der Waals surface area contributed by atoms with Gasteiger partial charge in [-0.25, -0.2) is 0 Å². The SMILES string of the molecule is CCOc1ccc(C(=O)C(CCC(CN(CC)CC)C(=O)c2ccc(OCC)cc2)CN(CC)CC)cc1. The summed E-state index contributed by atoms with van der Waals surface area (Å²) in [6.45, 7) is 18.5. The lowest BCUT2D eigenvalue weighted by Crippen LogP contribution is -2.36. The minimum atomic E-state index is -0.180. The predicted octanol–water partition coefficient (Wildman–Crippen LogP) is 6.25. The summed E-state index contributed by atoms with van der Waals surface area (Å²) in [6.07, 6.45) is 1.33. The average Bonchev–Trinajstić information content (AvgIpc) is 2.95. The predicted molar refractivity (Wildman–Crippen MR) is 156 cm³/mol. The molecular weight excluding hydrogens is 476 g/mol. The van der Waals surface area contributed by atoms with Gasteiger partial charge in [-0.1, -0.05) is 27.7 Å². The first kappa shape index (κ1) is 31.5. The summed E-state index contributed by atoms with van der Waals surface area (Å²) in [5.74, 6) is 1.44. The van der Waals surface area contributed by atoms with Gasteiger partial charge in [0.05, 0.1) is 13.2 Å². The fourth-order valence-electron chi connectivity index (χ4n) is 4.84. The van der Waals surface area contributed by atoms with E-state index in [0.717, 1.165) is 37.7 Å². The highest BCUT2D eigenvalue weighted by molar-refractivity contribution is 5.99. The van der Waals surface area contributed by atoms with Crippen LogP contribution in [0.25, 0.3) is 0 Å². The summed E-state index contributed by atoms with van der Waals surface area (Å²) < 4.78 is 11.1. The van der Waals surface area contributed by atoms with E-state index in [1.807, 2.05) is 62.4 Å². The molecule has 0 amide bonds. The van der Waals surface area contributed by atoms with E-state index in [1.54, 1.807) is 0 Å². The number of ether oxygens (including phenoxy) is 2. The molecular formula is C32H48N2O4. The van der Waals surface area contributed by atoms with Crippen molar-refractivity contribution in [2.24, 2.45) is 11.8 Å². The number of hydrogen-bond donors (Lipinski definition) is 0. The zero-order valence-corrected chi connectivity index (χ0v) is 24.4. The third kappa shape index (κ3) is 9.55. The molecule has 0 radical (unpaired) electrons. The van der Waals surface area contributed by atoms with E-state index >= 15 is 0 Å². The number of carbonyl (C=O) groups excluding carboxylic acids is 2. The Morgan fingerprint density at radius 3 is 1.16 bits per heavy atom. The van der Waals surface area contributed by atoms with Crippen LogP contribution in [0.2, 0.25) is 0 Å². The number of rotatable bonds is 19. The lowest BCUT2D eigenvalue weighted by molar-refractivity contribution is 0.0815. The quantitative estimate of drug-likeness (QED) is 0.203. The number of hydrogen-bond acceptors (Lipinski definition) is 6. The van der Waals surface area contributed by atoms with E-state index in [1.165, 1.54) is 0 Å². The first-order valence-corrected chi connectivity index (χ1v) is 14.4. The molecule has 210 valence electrons. The maximum absolute atomic E-state index is 13.7. The fourth-order valence-corrected chi connectivity index (χ4v) is 4.84. The molecule has 6 nitrogen and oxygen atoms in total. The van der Waals surface area contributed by atoms with Crippen LogP contribution in [-0.4, -0.2) is 73.8 Å². The Kier molecular flexibility index (Phi) is 14.1. The van der Waals surface area contributed by atoms with Crippen LogP contribution in [-0.2, 0) is 0 Å². The second kappa shape index (κ2) is 17.0. The maximum Gasteiger partial charge on any atom is 0.167 e. The fraction of sp³-hybridized carbons (Fsp3) is 0.562. The summed E-state index contributed by atoms with van der Waals surface area (Å²) in [7, 11) is 0. The molecule has 6 heteroatoms. The Morgan fingerprint density at radius 2 is 0.895 bits per heavy atom. The van der Waals surface area contributed by atoms with Crippen molar-refractivity contribution in [1.82, 2.24) is 9.80 Å². The molecule has 0 fully saturated rings. The van der Waals surface area contributed by atoms with E-state index in [0.29, 0.717) is 50.3 Å². The standard InChI is InChI=1S/C32H48N2O4/c1-7-33(8-2)23-27(31(35)25-15-19-29(20-16-25)37-11-5)13-14-28(24-34(9-3)10-4)32(36)26-17-21-30(22-18-26)38-12-6/h15-22,27-28H,7-14,23-24H2,1-6H3. The summed E-state index contributed by atoms with van der Waals surface area (Å²) in [4.78, 5) is 32.0. The zero-order chi connectivity index (χ0) is 27.9. The smallest absolute Gasteiger partial charge is 0.167 e. The molecule has 0 spiro atoms. The number of carbonyl (C=O) groups is 2. The monoisotopic (exact) mass is 524 g/mol. The molecule has 2 atom stereocenters. The zero-order valence-electron chi connectivity index (χ0n) is 24.4. The maximum atomic E-state index is 13.7. The van der Waals surface area contributed by atoms with Crippen molar-refractivity contribution in [1.29, 1.82) is 0 Å². The molecule has 0 saturated heterocycles. The number of benzene rings is 2. The van der Waals surface area contributed by atoms with Crippen molar-refractivity contribution >= 4 is 11.6 Å². The molecule has 38 heavy (non-hydrogen) atoms. The Hall–Kier alpha value is -2.70. The minimum absolute atomic E-state index is 0.134. The third-order valence-corrected chi connectivity index (χ3v) is 7.25. The molecule has 0 aromatic heterocycles. The molecule has 2 rings (SSSR count). The van der Waals surface area contributed by atoms with Gasteiger partial charge < -0.3 is 19.3 Å². The van der Waals surface area contributed by atoms with E-state index < -0.39 is 0 Å². The van der Waals surface area contributed by atoms with E-state index in [4.69, 9.17) is 9.47 Å². The van der Waals surface area contributed by atoms with Crippen LogP contribution in [0, 0.1) is 11.8 Å². The van der Waals surface area contributed by atoms with Crippen LogP contribution in [0.3, 0.4) is 0 Å². The van der Waals surface area contributed by atoms with Gasteiger partial charge in [-0.2, -0.15) is 0 Å². The van der Waals surface area contributed by atoms with Crippen molar-refractivity contribution in [3.8, 4) is 11.5 Å². The van der Waals surface area contributed by atoms with E-state index in [-0.39, 0.29) is 23.4 Å². The van der Waals surface area contributed by atoms with Gasteiger partial charge >= 0.3 is 0 Å². The number of Topliss-reactive ketones (excluding diaryl/α,β-unsaturated/α-hetero) is 2. The van der Waals surface area contributed by atoms with Crippen molar-refractivity contribution in [2.45, 2.75) is 54.4 Å². The van der Waals surface area contributed by atoms with Gasteiger partial charge in [0.2, 0.25) is 0 Å². The second-order valence-electron chi connectivity index (χ2n) is 9.59. The molecule has 0 heterocycles. The van der Waals surface area contributed by atoms with Crippen molar-refractivity contribution in [3.63, 3.8) is 0 Å². The van der Waals surface area contributed by atoms with Crippen LogP contribution >= 0.6 is 0 Å². The lowest BCUT2D eigenvalue weighted by Gasteiger charge is -2.28. The molecule has 0 saturated carbocycles. The molecule has 0 aliphatic heterocycles. The summed E-state index contributed by atoms with van der Waals surface area (Å²) in [6, 6.07) is 14.9. The second-order valence-corrected chi connectivity index (χ2v) is 9.59. The third-order valence-electron chi connectivity index (χ3n) is 7.25. The molecule has 0 aliphatic carbocycles. The number of nitrogens with zero attached hydrogens (tertiary/aromatic N) is 2. The first-order chi connectivity index (χ1) is 18.4. The molecule has 0 aliphatic rings. The normalized spacial score (nSPS) is 12.9. The van der Waals surface area contributed by atoms with Gasteiger partial charge in [0.1, 0.15) is 11.5 Å². The highest BCUT2D eigenvalue weighted by atomic mass is 16.5. The molecule has 0 N–H and O–H groups in total. The van der Waals surface area contributed by atoms with Gasteiger partial charge in [0.25, 0.3) is 0 Å². The van der Waals surface area contributed by atoms with Crippen LogP contribution in [0.1, 0.15) is 75.1 Å². The first-order valence-electron chi connectivity index (χ1n) is 14.4. The molecule has 0 bridgehead atoms. The van der Waals surface area contributed by atoms with E-state index in [9.17, 15) is 9.59 Å². The van der Waals surface area contributed by atoms with Gasteiger partial charge in [-0.3, -0.25) is 9.59 Å². The Bertz CT molecular complexity index is 871. The Morgan fingerprint density at radius 1 is 0.579 bits per heavy atom. The summed E-state index contributed by atoms with van der Waals surface area (Å²) in [5, 5.41) is 0. The van der Waals surface area contributed by atoms with Crippen molar-refractivity contribution < 1.29 is 19.1 Å². The van der Waals surface area contributed by atoms with Gasteiger partial charge in [-0.05, 0) is 101 Å². The van der Waals surface area contributed by atoms with Crippen LogP contribution < -0.4 is 9.47 Å². The summed E-state index contributed by atoms with van der Waals surface area (Å²) in [5.41, 5.74) is 1.40. The molecule has 2 unspecified atom stereocenters. The van der Waals surface area contributed by atoms with Crippen LogP contribution in [0.4, 0.5) is 0 Å². The highest BCUT2D eigenvalue weighted by Gasteiger charge is 2.27. The van der Waals surface area contributed by atoms with Crippen LogP contribution in [0.15, 0.2) is 48.5 Å². The lowest BCUT2D eigenvalue weighted by atomic mass is 9.86. The Labute approximate surface area is 230 Å². The van der Waals surface area contributed by atoms with E-state index in [2.05, 4.69) is 37.5 Å². The van der Waals surface area contributed by atoms with Crippen LogP contribution in [0.5, 0.6) is 11.5 Å². The average molecular weight is 525 g/mol. The summed E-state index contributed by atoms with van der Waals surface area (Å²) >= 11 is 0. The molecule has 2 aromatic carbocycles. The highest BCUT2D eigenvalue weighted by Crippen LogP contribution is 2.25. The largest absolute Gasteiger partial charge is 0.494 e. The Balaban J connectivity index is 2.27. The van der Waals surface area contributed by atoms with Gasteiger partial charge in [0, 0.05) is 36.1 Å². The van der Waals surface area contributed by atoms with Gasteiger partial charge in [-0.15, -0.1) is 0 Å². The minimum Gasteiger partial charge on any atom is -0.494 e. The van der Waals surface area contributed by atoms with Gasteiger partial charge in [0.15, 0.2) is 11.6 Å². The molecule has 2 aromatic rings. The van der Waals surface area contributed by atoms with Crippen molar-refractivity contribution in [3.05, 3.63) is 59.7 Å².